The summed E-state index contributed by atoms with van der Waals surface area (Å²) in [5.41, 5.74) is 0.321. The molecule has 0 unspecified atom stereocenters. The summed E-state index contributed by atoms with van der Waals surface area (Å²) in [7, 11) is 0. The second-order valence-corrected chi connectivity index (χ2v) is 5.93. The molecule has 0 aromatic carbocycles. The SMILES string of the molecule is CC(C)(C)N1CCC[C@@H](Cn2c[c]cc2)C1. The largest absolute Gasteiger partial charge is 0.353 e. The van der Waals surface area contributed by atoms with Gasteiger partial charge in [0.1, 0.15) is 0 Å². The number of hydrogen-bond acceptors (Lipinski definition) is 1. The van der Waals surface area contributed by atoms with Crippen LogP contribution in [0.15, 0.2) is 18.5 Å². The van der Waals surface area contributed by atoms with Crippen molar-refractivity contribution in [2.24, 2.45) is 5.92 Å². The molecule has 1 aliphatic heterocycles. The molecule has 0 aliphatic carbocycles. The van der Waals surface area contributed by atoms with Gasteiger partial charge < -0.3 is 4.57 Å². The minimum Gasteiger partial charge on any atom is -0.353 e. The average molecular weight is 219 g/mol. The number of hydrogen-bond donors (Lipinski definition) is 0. The third kappa shape index (κ3) is 2.88. The van der Waals surface area contributed by atoms with E-state index in [0.29, 0.717) is 5.54 Å². The molecule has 0 saturated carbocycles. The Balaban J connectivity index is 1.92. The lowest BCUT2D eigenvalue weighted by atomic mass is 9.93. The van der Waals surface area contributed by atoms with Crippen LogP contribution < -0.4 is 0 Å². The van der Waals surface area contributed by atoms with Gasteiger partial charge in [-0.25, -0.2) is 0 Å². The van der Waals surface area contributed by atoms with Crippen molar-refractivity contribution in [3.8, 4) is 0 Å². The van der Waals surface area contributed by atoms with Crippen molar-refractivity contribution in [3.63, 3.8) is 0 Å². The maximum atomic E-state index is 3.11. The van der Waals surface area contributed by atoms with Gasteiger partial charge in [-0.1, -0.05) is 0 Å². The Hall–Kier alpha value is -0.760. The van der Waals surface area contributed by atoms with Gasteiger partial charge in [0, 0.05) is 37.1 Å². The lowest BCUT2D eigenvalue weighted by Crippen LogP contribution is -2.47. The van der Waals surface area contributed by atoms with E-state index in [4.69, 9.17) is 0 Å². The molecule has 2 heterocycles. The zero-order valence-corrected chi connectivity index (χ0v) is 10.7. The number of rotatable bonds is 2. The maximum Gasteiger partial charge on any atom is 0.0260 e. The van der Waals surface area contributed by atoms with Gasteiger partial charge in [-0.3, -0.25) is 4.90 Å². The molecule has 0 N–H and O–H groups in total. The Morgan fingerprint density at radius 2 is 2.19 bits per heavy atom. The van der Waals surface area contributed by atoms with Crippen LogP contribution in [0.25, 0.3) is 0 Å². The van der Waals surface area contributed by atoms with E-state index in [9.17, 15) is 0 Å². The quantitative estimate of drug-likeness (QED) is 0.742. The number of likely N-dealkylation sites (tertiary alicyclic amines) is 1. The molecule has 1 radical (unpaired) electrons. The minimum atomic E-state index is 0.321. The highest BCUT2D eigenvalue weighted by molar-refractivity contribution is 4.90. The molecule has 1 aliphatic rings. The molecular formula is C14H23N2. The molecule has 2 heteroatoms. The zero-order chi connectivity index (χ0) is 11.6. The fourth-order valence-corrected chi connectivity index (χ4v) is 2.56. The highest BCUT2D eigenvalue weighted by Gasteiger charge is 2.27. The summed E-state index contributed by atoms with van der Waals surface area (Å²) in [6.07, 6.45) is 6.88. The van der Waals surface area contributed by atoms with Gasteiger partial charge in [0.2, 0.25) is 0 Å². The van der Waals surface area contributed by atoms with Crippen LogP contribution in [0.4, 0.5) is 0 Å². The predicted molar refractivity (Wildman–Crippen MR) is 67.3 cm³/mol. The van der Waals surface area contributed by atoms with Crippen LogP contribution in [-0.4, -0.2) is 28.1 Å². The Morgan fingerprint density at radius 1 is 1.38 bits per heavy atom. The third-order valence-corrected chi connectivity index (χ3v) is 3.54. The van der Waals surface area contributed by atoms with Crippen LogP contribution in [0.1, 0.15) is 33.6 Å². The summed E-state index contributed by atoms with van der Waals surface area (Å²) in [6.45, 7) is 10.6. The monoisotopic (exact) mass is 219 g/mol. The fraction of sp³-hybridized carbons (Fsp3) is 0.714. The Morgan fingerprint density at radius 3 is 2.81 bits per heavy atom. The lowest BCUT2D eigenvalue weighted by molar-refractivity contribution is 0.0734. The fourth-order valence-electron chi connectivity index (χ4n) is 2.56. The maximum absolute atomic E-state index is 3.11. The number of aromatic nitrogens is 1. The van der Waals surface area contributed by atoms with Crippen LogP contribution >= 0.6 is 0 Å². The topological polar surface area (TPSA) is 8.17 Å². The van der Waals surface area contributed by atoms with Crippen LogP contribution in [0.3, 0.4) is 0 Å². The van der Waals surface area contributed by atoms with Crippen molar-refractivity contribution in [2.75, 3.05) is 13.1 Å². The molecule has 2 rings (SSSR count). The van der Waals surface area contributed by atoms with Crippen LogP contribution in [0.5, 0.6) is 0 Å². The van der Waals surface area contributed by atoms with E-state index >= 15 is 0 Å². The summed E-state index contributed by atoms with van der Waals surface area (Å²) >= 11 is 0. The number of piperidine rings is 1. The van der Waals surface area contributed by atoms with Crippen molar-refractivity contribution in [1.82, 2.24) is 9.47 Å². The van der Waals surface area contributed by atoms with Gasteiger partial charge in [-0.2, -0.15) is 0 Å². The molecule has 1 saturated heterocycles. The number of nitrogens with zero attached hydrogens (tertiary/aromatic N) is 2. The molecule has 0 amide bonds. The van der Waals surface area contributed by atoms with Crippen LogP contribution in [-0.2, 0) is 6.54 Å². The first-order valence-electron chi connectivity index (χ1n) is 6.32. The summed E-state index contributed by atoms with van der Waals surface area (Å²) in [5.74, 6) is 0.800. The van der Waals surface area contributed by atoms with Crippen molar-refractivity contribution in [3.05, 3.63) is 24.5 Å². The van der Waals surface area contributed by atoms with E-state index in [1.165, 1.54) is 25.9 Å². The van der Waals surface area contributed by atoms with E-state index in [0.717, 1.165) is 12.5 Å². The molecule has 1 atom stereocenters. The van der Waals surface area contributed by atoms with E-state index < -0.39 is 0 Å². The van der Waals surface area contributed by atoms with Crippen LogP contribution in [0, 0.1) is 12.0 Å². The molecular weight excluding hydrogens is 196 g/mol. The molecule has 0 bridgehead atoms. The van der Waals surface area contributed by atoms with E-state index in [2.05, 4.69) is 48.7 Å². The third-order valence-electron chi connectivity index (χ3n) is 3.54. The average Bonchev–Trinajstić information content (AvgIpc) is 2.70. The summed E-state index contributed by atoms with van der Waals surface area (Å²) in [4.78, 5) is 2.62. The van der Waals surface area contributed by atoms with Crippen molar-refractivity contribution in [1.29, 1.82) is 0 Å². The Bertz CT molecular complexity index is 308. The van der Waals surface area contributed by atoms with Crippen LogP contribution in [0.2, 0.25) is 0 Å². The summed E-state index contributed by atoms with van der Waals surface area (Å²) in [5, 5.41) is 0. The molecule has 2 nitrogen and oxygen atoms in total. The smallest absolute Gasteiger partial charge is 0.0260 e. The second-order valence-electron chi connectivity index (χ2n) is 5.93. The zero-order valence-electron chi connectivity index (χ0n) is 10.7. The summed E-state index contributed by atoms with van der Waals surface area (Å²) in [6, 6.07) is 5.10. The van der Waals surface area contributed by atoms with Crippen molar-refractivity contribution >= 4 is 0 Å². The Labute approximate surface area is 99.3 Å². The molecule has 1 aromatic rings. The molecule has 1 aromatic heterocycles. The van der Waals surface area contributed by atoms with E-state index in [1.54, 1.807) is 0 Å². The second kappa shape index (κ2) is 4.62. The summed E-state index contributed by atoms with van der Waals surface area (Å²) < 4.78 is 2.26. The van der Waals surface area contributed by atoms with Gasteiger partial charge in [-0.05, 0) is 52.1 Å². The van der Waals surface area contributed by atoms with Gasteiger partial charge in [0.15, 0.2) is 0 Å². The minimum absolute atomic E-state index is 0.321. The van der Waals surface area contributed by atoms with Gasteiger partial charge >= 0.3 is 0 Å². The van der Waals surface area contributed by atoms with E-state index in [-0.39, 0.29) is 0 Å². The standard InChI is InChI=1S/C14H23N2/c1-14(2,3)16-10-6-7-13(12-16)11-15-8-4-5-9-15/h4,8-9,13H,6-7,10-12H2,1-3H3/t13-/m0/s1. The van der Waals surface area contributed by atoms with Gasteiger partial charge in [0.05, 0.1) is 0 Å². The van der Waals surface area contributed by atoms with Crippen molar-refractivity contribution < 1.29 is 0 Å². The molecule has 89 valence electrons. The van der Waals surface area contributed by atoms with E-state index in [1.807, 2.05) is 6.07 Å². The first kappa shape index (κ1) is 11.7. The molecule has 1 fully saturated rings. The van der Waals surface area contributed by atoms with Gasteiger partial charge in [-0.15, -0.1) is 0 Å². The van der Waals surface area contributed by atoms with Crippen molar-refractivity contribution in [2.45, 2.75) is 45.7 Å². The normalized spacial score (nSPS) is 23.6. The molecule has 0 spiro atoms. The Kier molecular flexibility index (Phi) is 3.38. The molecule has 16 heavy (non-hydrogen) atoms. The first-order valence-corrected chi connectivity index (χ1v) is 6.32. The van der Waals surface area contributed by atoms with Gasteiger partial charge in [0.25, 0.3) is 0 Å². The highest BCUT2D eigenvalue weighted by atomic mass is 15.2. The lowest BCUT2D eigenvalue weighted by Gasteiger charge is -2.41. The first-order chi connectivity index (χ1) is 7.55. The highest BCUT2D eigenvalue weighted by Crippen LogP contribution is 2.24. The predicted octanol–water partition coefficient (Wildman–Crippen LogP) is 2.80.